The summed E-state index contributed by atoms with van der Waals surface area (Å²) in [6, 6.07) is 15.0. The van der Waals surface area contributed by atoms with Gasteiger partial charge in [0.05, 0.1) is 0 Å². The molecule has 1 atom stereocenters. The van der Waals surface area contributed by atoms with E-state index < -0.39 is 0 Å². The number of hydrogen-bond acceptors (Lipinski definition) is 2. The first-order valence-electron chi connectivity index (χ1n) is 8.11. The molecule has 0 fully saturated rings. The van der Waals surface area contributed by atoms with Crippen molar-refractivity contribution < 1.29 is 9.18 Å². The van der Waals surface area contributed by atoms with Crippen molar-refractivity contribution in [1.29, 1.82) is 0 Å². The van der Waals surface area contributed by atoms with E-state index >= 15 is 0 Å². The van der Waals surface area contributed by atoms with Crippen LogP contribution >= 0.6 is 11.3 Å². The molecule has 0 radical (unpaired) electrons. The molecule has 0 saturated carbocycles. The molecule has 0 aliphatic rings. The van der Waals surface area contributed by atoms with Gasteiger partial charge in [0.25, 0.3) is 0 Å². The molecule has 0 aliphatic heterocycles. The van der Waals surface area contributed by atoms with Crippen LogP contribution in [0.15, 0.2) is 53.9 Å². The second kappa shape index (κ2) is 7.58. The Hall–Kier alpha value is -2.20. The van der Waals surface area contributed by atoms with Crippen LogP contribution in [0.25, 0.3) is 10.1 Å². The quantitative estimate of drug-likeness (QED) is 0.690. The van der Waals surface area contributed by atoms with Gasteiger partial charge >= 0.3 is 0 Å². The largest absolute Gasteiger partial charge is 0.353 e. The summed E-state index contributed by atoms with van der Waals surface area (Å²) in [6.45, 7) is 2.01. The van der Waals surface area contributed by atoms with E-state index in [-0.39, 0.29) is 17.8 Å². The Labute approximate surface area is 145 Å². The molecule has 4 heteroatoms. The van der Waals surface area contributed by atoms with E-state index in [0.717, 1.165) is 6.42 Å². The van der Waals surface area contributed by atoms with Crippen LogP contribution in [0.3, 0.4) is 0 Å². The number of fused-ring (bicyclic) bond motifs is 1. The second-order valence-electron chi connectivity index (χ2n) is 6.02. The van der Waals surface area contributed by atoms with Crippen LogP contribution in [0.1, 0.15) is 24.5 Å². The van der Waals surface area contributed by atoms with E-state index in [4.69, 9.17) is 0 Å². The van der Waals surface area contributed by atoms with Gasteiger partial charge in [0, 0.05) is 17.2 Å². The van der Waals surface area contributed by atoms with Gasteiger partial charge in [-0.05, 0) is 53.8 Å². The van der Waals surface area contributed by atoms with E-state index in [1.165, 1.54) is 21.7 Å². The Morgan fingerprint density at radius 2 is 1.88 bits per heavy atom. The Bertz CT molecular complexity index is 842. The molecular weight excluding hydrogens is 321 g/mol. The monoisotopic (exact) mass is 341 g/mol. The number of amides is 1. The summed E-state index contributed by atoms with van der Waals surface area (Å²) in [7, 11) is 0. The summed E-state index contributed by atoms with van der Waals surface area (Å²) in [6.07, 6.45) is 1.53. The smallest absolute Gasteiger partial charge is 0.220 e. The van der Waals surface area contributed by atoms with Crippen LogP contribution in [0.5, 0.6) is 0 Å². The van der Waals surface area contributed by atoms with Crippen LogP contribution < -0.4 is 5.32 Å². The van der Waals surface area contributed by atoms with Crippen LogP contribution in [0, 0.1) is 5.82 Å². The molecule has 3 aromatic rings. The van der Waals surface area contributed by atoms with Gasteiger partial charge in [0.1, 0.15) is 5.82 Å². The van der Waals surface area contributed by atoms with E-state index in [1.807, 2.05) is 19.1 Å². The van der Waals surface area contributed by atoms with E-state index in [2.05, 4.69) is 22.8 Å². The summed E-state index contributed by atoms with van der Waals surface area (Å²) in [5, 5.41) is 6.43. The first-order valence-corrected chi connectivity index (χ1v) is 8.99. The molecule has 1 N–H and O–H groups in total. The molecule has 0 spiro atoms. The maximum Gasteiger partial charge on any atom is 0.220 e. The van der Waals surface area contributed by atoms with Gasteiger partial charge in [0.2, 0.25) is 5.91 Å². The van der Waals surface area contributed by atoms with Crippen molar-refractivity contribution in [3.05, 3.63) is 70.9 Å². The standard InChI is InChI=1S/C20H20FNOS/c1-14(12-16-13-24-19-9-5-3-7-17(16)19)22-20(23)11-10-15-6-2-4-8-18(15)21/h2-9,13-14H,10-12H2,1H3,(H,22,23). The number of halogens is 1. The van der Waals surface area contributed by atoms with E-state index in [9.17, 15) is 9.18 Å². The molecule has 2 aromatic carbocycles. The lowest BCUT2D eigenvalue weighted by Gasteiger charge is -2.14. The van der Waals surface area contributed by atoms with Crippen LogP contribution in [-0.2, 0) is 17.6 Å². The Morgan fingerprint density at radius 3 is 2.71 bits per heavy atom. The number of thiophene rings is 1. The first kappa shape index (κ1) is 16.7. The molecule has 24 heavy (non-hydrogen) atoms. The van der Waals surface area contributed by atoms with Crippen molar-refractivity contribution in [2.24, 2.45) is 0 Å². The minimum absolute atomic E-state index is 0.0368. The normalized spacial score (nSPS) is 12.2. The maximum absolute atomic E-state index is 13.6. The van der Waals surface area contributed by atoms with Crippen molar-refractivity contribution in [2.45, 2.75) is 32.2 Å². The third-order valence-corrected chi connectivity index (χ3v) is 5.09. The van der Waals surface area contributed by atoms with Gasteiger partial charge in [0.15, 0.2) is 0 Å². The lowest BCUT2D eigenvalue weighted by Crippen LogP contribution is -2.34. The molecule has 1 unspecified atom stereocenters. The maximum atomic E-state index is 13.6. The number of carbonyl (C=O) groups is 1. The number of carbonyl (C=O) groups excluding carboxylic acids is 1. The van der Waals surface area contributed by atoms with Gasteiger partial charge in [-0.2, -0.15) is 0 Å². The van der Waals surface area contributed by atoms with Crippen LogP contribution in [0.2, 0.25) is 0 Å². The molecule has 0 bridgehead atoms. The molecule has 124 valence electrons. The summed E-state index contributed by atoms with van der Waals surface area (Å²) < 4.78 is 14.8. The zero-order valence-electron chi connectivity index (χ0n) is 13.6. The average molecular weight is 341 g/mol. The third-order valence-electron chi connectivity index (χ3n) is 4.07. The highest BCUT2D eigenvalue weighted by molar-refractivity contribution is 7.17. The zero-order valence-corrected chi connectivity index (χ0v) is 14.4. The van der Waals surface area contributed by atoms with Gasteiger partial charge < -0.3 is 5.32 Å². The van der Waals surface area contributed by atoms with Crippen LogP contribution in [-0.4, -0.2) is 11.9 Å². The number of nitrogens with one attached hydrogen (secondary N) is 1. The third kappa shape index (κ3) is 4.01. The molecule has 3 rings (SSSR count). The summed E-state index contributed by atoms with van der Waals surface area (Å²) in [5.41, 5.74) is 1.85. The molecule has 1 aromatic heterocycles. The Morgan fingerprint density at radius 1 is 1.12 bits per heavy atom. The number of aryl methyl sites for hydroxylation is 1. The van der Waals surface area contributed by atoms with E-state index in [0.29, 0.717) is 18.4 Å². The van der Waals surface area contributed by atoms with Gasteiger partial charge in [-0.25, -0.2) is 4.39 Å². The van der Waals surface area contributed by atoms with Crippen molar-refractivity contribution in [3.63, 3.8) is 0 Å². The molecular formula is C20H20FNOS. The van der Waals surface area contributed by atoms with Crippen molar-refractivity contribution in [3.8, 4) is 0 Å². The predicted octanol–water partition coefficient (Wildman–Crippen LogP) is 4.72. The molecule has 0 aliphatic carbocycles. The van der Waals surface area contributed by atoms with Crippen LogP contribution in [0.4, 0.5) is 4.39 Å². The van der Waals surface area contributed by atoms with Gasteiger partial charge in [-0.15, -0.1) is 11.3 Å². The fourth-order valence-corrected chi connectivity index (χ4v) is 3.84. The number of rotatable bonds is 6. The zero-order chi connectivity index (χ0) is 16.9. The van der Waals surface area contributed by atoms with Gasteiger partial charge in [-0.1, -0.05) is 36.4 Å². The predicted molar refractivity (Wildman–Crippen MR) is 97.9 cm³/mol. The number of benzene rings is 2. The summed E-state index contributed by atoms with van der Waals surface area (Å²) >= 11 is 1.73. The topological polar surface area (TPSA) is 29.1 Å². The lowest BCUT2D eigenvalue weighted by atomic mass is 10.1. The number of hydrogen-bond donors (Lipinski definition) is 1. The average Bonchev–Trinajstić information content (AvgIpc) is 2.97. The second-order valence-corrected chi connectivity index (χ2v) is 6.93. The molecule has 2 nitrogen and oxygen atoms in total. The van der Waals surface area contributed by atoms with Crippen molar-refractivity contribution >= 4 is 27.3 Å². The van der Waals surface area contributed by atoms with E-state index in [1.54, 1.807) is 29.5 Å². The Kier molecular flexibility index (Phi) is 5.26. The van der Waals surface area contributed by atoms with Gasteiger partial charge in [-0.3, -0.25) is 4.79 Å². The van der Waals surface area contributed by atoms with Crippen molar-refractivity contribution in [1.82, 2.24) is 5.32 Å². The molecule has 1 amide bonds. The molecule has 1 heterocycles. The fourth-order valence-electron chi connectivity index (χ4n) is 2.87. The summed E-state index contributed by atoms with van der Waals surface area (Å²) in [5.74, 6) is -0.284. The minimum Gasteiger partial charge on any atom is -0.353 e. The highest BCUT2D eigenvalue weighted by Gasteiger charge is 2.12. The van der Waals surface area contributed by atoms with Crippen molar-refractivity contribution in [2.75, 3.05) is 0 Å². The fraction of sp³-hybridized carbons (Fsp3) is 0.250. The summed E-state index contributed by atoms with van der Waals surface area (Å²) in [4.78, 5) is 12.1. The lowest BCUT2D eigenvalue weighted by molar-refractivity contribution is -0.121. The Balaban J connectivity index is 1.54. The first-order chi connectivity index (χ1) is 11.6. The SMILES string of the molecule is CC(Cc1csc2ccccc12)NC(=O)CCc1ccccc1F. The highest BCUT2D eigenvalue weighted by Crippen LogP contribution is 2.26. The molecule has 0 saturated heterocycles. The minimum atomic E-state index is -0.247. The highest BCUT2D eigenvalue weighted by atomic mass is 32.1.